The van der Waals surface area contributed by atoms with Gasteiger partial charge in [0.15, 0.2) is 28.8 Å². The molecule has 1 heterocycles. The fourth-order valence-corrected chi connectivity index (χ4v) is 5.51. The molecule has 0 spiro atoms. The third kappa shape index (κ3) is 5.65. The van der Waals surface area contributed by atoms with Crippen molar-refractivity contribution >= 4 is 17.5 Å². The molecule has 0 fully saturated rings. The second kappa shape index (κ2) is 12.4. The summed E-state index contributed by atoms with van der Waals surface area (Å²) in [5.41, 5.74) is 3.67. The van der Waals surface area contributed by atoms with E-state index in [2.05, 4.69) is 0 Å². The molecular formula is C31H37NO7. The normalized spacial score (nSPS) is 20.6. The molecule has 0 saturated carbocycles. The Kier molecular flexibility index (Phi) is 8.94. The zero-order chi connectivity index (χ0) is 28.1. The summed E-state index contributed by atoms with van der Waals surface area (Å²) in [7, 11) is 4.76. The maximum atomic E-state index is 13.9. The standard InChI is InChI=1S/C31H37NO7/c1-7-13-39-31(34)28-18(3)32-22-14-21(19-9-11-24(35-4)26(16-19)36-5)15-23(33)30(22)29(28)20-10-12-25(38-8-2)27(17-20)37-6/h9-12,16-17,21,28-29H,7-8,13-15H2,1-6H3/t21-,28?,29-/m0/s1. The van der Waals surface area contributed by atoms with Crippen molar-refractivity contribution in [2.45, 2.75) is 51.9 Å². The molecule has 0 N–H and O–H groups in total. The van der Waals surface area contributed by atoms with Crippen molar-refractivity contribution in [3.8, 4) is 23.0 Å². The largest absolute Gasteiger partial charge is 0.493 e. The van der Waals surface area contributed by atoms with E-state index in [9.17, 15) is 9.59 Å². The zero-order valence-corrected chi connectivity index (χ0v) is 23.5. The molecule has 0 amide bonds. The second-order valence-corrected chi connectivity index (χ2v) is 9.72. The highest BCUT2D eigenvalue weighted by Crippen LogP contribution is 2.48. The molecule has 4 rings (SSSR count). The number of ketones is 1. The summed E-state index contributed by atoms with van der Waals surface area (Å²) in [5, 5.41) is 0. The van der Waals surface area contributed by atoms with E-state index >= 15 is 0 Å². The highest BCUT2D eigenvalue weighted by atomic mass is 16.5. The highest BCUT2D eigenvalue weighted by molar-refractivity contribution is 6.09. The first-order valence-electron chi connectivity index (χ1n) is 13.4. The average Bonchev–Trinajstić information content (AvgIpc) is 2.94. The van der Waals surface area contributed by atoms with Gasteiger partial charge in [0.1, 0.15) is 5.92 Å². The van der Waals surface area contributed by atoms with Gasteiger partial charge in [-0.15, -0.1) is 0 Å². The minimum Gasteiger partial charge on any atom is -0.493 e. The number of esters is 1. The predicted octanol–water partition coefficient (Wildman–Crippen LogP) is 5.64. The van der Waals surface area contributed by atoms with Gasteiger partial charge in [-0.2, -0.15) is 0 Å². The summed E-state index contributed by atoms with van der Waals surface area (Å²) in [6.07, 6.45) is 1.57. The van der Waals surface area contributed by atoms with Crippen LogP contribution in [0.4, 0.5) is 0 Å². The van der Waals surface area contributed by atoms with Crippen molar-refractivity contribution in [2.24, 2.45) is 10.9 Å². The lowest BCUT2D eigenvalue weighted by Gasteiger charge is -2.36. The Balaban J connectivity index is 1.79. The van der Waals surface area contributed by atoms with Gasteiger partial charge in [-0.1, -0.05) is 19.1 Å². The summed E-state index contributed by atoms with van der Waals surface area (Å²) in [4.78, 5) is 32.1. The van der Waals surface area contributed by atoms with Gasteiger partial charge in [0.25, 0.3) is 0 Å². The van der Waals surface area contributed by atoms with E-state index < -0.39 is 11.8 Å². The number of allylic oxidation sites excluding steroid dienone is 2. The lowest BCUT2D eigenvalue weighted by Crippen LogP contribution is -2.38. The first-order chi connectivity index (χ1) is 18.9. The average molecular weight is 536 g/mol. The van der Waals surface area contributed by atoms with Crippen LogP contribution in [0, 0.1) is 5.92 Å². The van der Waals surface area contributed by atoms with Gasteiger partial charge in [-0.05, 0) is 68.0 Å². The minimum absolute atomic E-state index is 0.0292. The molecule has 2 aliphatic rings. The molecule has 1 aliphatic heterocycles. The lowest BCUT2D eigenvalue weighted by atomic mass is 9.69. The molecule has 3 atom stereocenters. The third-order valence-electron chi connectivity index (χ3n) is 7.32. The Bertz CT molecular complexity index is 1300. The van der Waals surface area contributed by atoms with Crippen LogP contribution in [0.1, 0.15) is 63.0 Å². The van der Waals surface area contributed by atoms with Crippen LogP contribution in [0.3, 0.4) is 0 Å². The molecule has 2 aromatic carbocycles. The van der Waals surface area contributed by atoms with E-state index in [-0.39, 0.29) is 17.7 Å². The van der Waals surface area contributed by atoms with Crippen LogP contribution in [-0.2, 0) is 14.3 Å². The van der Waals surface area contributed by atoms with Crippen LogP contribution in [0.25, 0.3) is 0 Å². The number of rotatable bonds is 10. The van der Waals surface area contributed by atoms with Gasteiger partial charge in [0, 0.05) is 29.3 Å². The van der Waals surface area contributed by atoms with Gasteiger partial charge >= 0.3 is 5.97 Å². The van der Waals surface area contributed by atoms with Gasteiger partial charge in [0.2, 0.25) is 0 Å². The van der Waals surface area contributed by atoms with Crippen molar-refractivity contribution < 1.29 is 33.3 Å². The number of carbonyl (C=O) groups is 2. The SMILES string of the molecule is CCCOC(=O)C1C(C)=NC2=C(C(=O)C[C@@H](c3ccc(OC)c(OC)c3)C2)[C@H]1c1ccc(OCC)c(OC)c1. The molecule has 0 saturated heterocycles. The Hall–Kier alpha value is -3.81. The topological polar surface area (TPSA) is 92.7 Å². The lowest BCUT2D eigenvalue weighted by molar-refractivity contribution is -0.146. The van der Waals surface area contributed by atoms with Crippen molar-refractivity contribution in [1.29, 1.82) is 0 Å². The molecule has 39 heavy (non-hydrogen) atoms. The van der Waals surface area contributed by atoms with Crippen LogP contribution >= 0.6 is 0 Å². The summed E-state index contributed by atoms with van der Waals surface area (Å²) in [6, 6.07) is 11.3. The van der Waals surface area contributed by atoms with E-state index in [0.29, 0.717) is 72.5 Å². The van der Waals surface area contributed by atoms with E-state index in [1.807, 2.05) is 57.2 Å². The molecule has 0 bridgehead atoms. The van der Waals surface area contributed by atoms with E-state index in [0.717, 1.165) is 11.1 Å². The quantitative estimate of drug-likeness (QED) is 0.364. The monoisotopic (exact) mass is 535 g/mol. The van der Waals surface area contributed by atoms with Crippen LogP contribution in [0.5, 0.6) is 23.0 Å². The van der Waals surface area contributed by atoms with Gasteiger partial charge in [-0.25, -0.2) is 0 Å². The van der Waals surface area contributed by atoms with Gasteiger partial charge < -0.3 is 23.7 Å². The van der Waals surface area contributed by atoms with Gasteiger partial charge in [-0.3, -0.25) is 14.6 Å². The number of methoxy groups -OCH3 is 3. The maximum absolute atomic E-state index is 13.9. The number of hydrogen-bond donors (Lipinski definition) is 0. The molecule has 208 valence electrons. The van der Waals surface area contributed by atoms with E-state index in [1.165, 1.54) is 0 Å². The number of ether oxygens (including phenoxy) is 5. The molecule has 0 aromatic heterocycles. The number of aliphatic imine (C=N–C) groups is 1. The minimum atomic E-state index is -0.709. The summed E-state index contributed by atoms with van der Waals surface area (Å²) >= 11 is 0. The Labute approximate surface area is 230 Å². The van der Waals surface area contributed by atoms with Crippen molar-refractivity contribution in [1.82, 2.24) is 0 Å². The third-order valence-corrected chi connectivity index (χ3v) is 7.32. The van der Waals surface area contributed by atoms with Gasteiger partial charge in [0.05, 0.1) is 34.5 Å². The molecule has 8 heteroatoms. The summed E-state index contributed by atoms with van der Waals surface area (Å²) in [5.74, 6) is 0.667. The zero-order valence-electron chi connectivity index (χ0n) is 23.5. The highest BCUT2D eigenvalue weighted by Gasteiger charge is 2.45. The smallest absolute Gasteiger partial charge is 0.315 e. The second-order valence-electron chi connectivity index (χ2n) is 9.72. The predicted molar refractivity (Wildman–Crippen MR) is 148 cm³/mol. The van der Waals surface area contributed by atoms with Crippen LogP contribution in [-0.4, -0.2) is 52.0 Å². The number of benzene rings is 2. The molecule has 1 aliphatic carbocycles. The molecule has 1 unspecified atom stereocenters. The number of carbonyl (C=O) groups excluding carboxylic acids is 2. The maximum Gasteiger partial charge on any atom is 0.315 e. The van der Waals surface area contributed by atoms with Crippen LogP contribution in [0.15, 0.2) is 52.7 Å². The Morgan fingerprint density at radius 2 is 1.54 bits per heavy atom. The fraction of sp³-hybridized carbons (Fsp3) is 0.452. The summed E-state index contributed by atoms with van der Waals surface area (Å²) < 4.78 is 27.8. The molecule has 8 nitrogen and oxygen atoms in total. The number of Topliss-reactive ketones (excluding diaryl/α,β-unsaturated/α-hetero) is 1. The first kappa shape index (κ1) is 28.2. The van der Waals surface area contributed by atoms with Crippen LogP contribution in [0.2, 0.25) is 0 Å². The Morgan fingerprint density at radius 3 is 2.21 bits per heavy atom. The van der Waals surface area contributed by atoms with E-state index in [1.54, 1.807) is 21.3 Å². The van der Waals surface area contributed by atoms with Crippen LogP contribution < -0.4 is 18.9 Å². The van der Waals surface area contributed by atoms with Crippen molar-refractivity contribution in [3.05, 3.63) is 58.8 Å². The Morgan fingerprint density at radius 1 is 0.897 bits per heavy atom. The van der Waals surface area contributed by atoms with E-state index in [4.69, 9.17) is 28.7 Å². The first-order valence-corrected chi connectivity index (χ1v) is 13.4. The summed E-state index contributed by atoms with van der Waals surface area (Å²) in [6.45, 7) is 6.49. The molecule has 0 radical (unpaired) electrons. The number of hydrogen-bond acceptors (Lipinski definition) is 8. The van der Waals surface area contributed by atoms with Crippen molar-refractivity contribution in [2.75, 3.05) is 34.5 Å². The van der Waals surface area contributed by atoms with Crippen molar-refractivity contribution in [3.63, 3.8) is 0 Å². The molecule has 2 aromatic rings. The molecular weight excluding hydrogens is 498 g/mol. The fourth-order valence-electron chi connectivity index (χ4n) is 5.51. The number of nitrogens with zero attached hydrogens (tertiary/aromatic N) is 1.